The van der Waals surface area contributed by atoms with Crippen LogP contribution in [-0.2, 0) is 27.5 Å². The first-order chi connectivity index (χ1) is 20.3. The number of methoxy groups -OCH3 is 1. The van der Waals surface area contributed by atoms with Crippen molar-refractivity contribution in [3.05, 3.63) is 46.1 Å². The van der Waals surface area contributed by atoms with Crippen LogP contribution in [-0.4, -0.2) is 58.8 Å². The van der Waals surface area contributed by atoms with Crippen molar-refractivity contribution in [1.82, 2.24) is 19.4 Å². The highest BCUT2D eigenvalue weighted by Crippen LogP contribution is 2.30. The van der Waals surface area contributed by atoms with Gasteiger partial charge in [-0.15, -0.1) is 0 Å². The van der Waals surface area contributed by atoms with Gasteiger partial charge in [-0.25, -0.2) is 14.3 Å². The third-order valence-electron chi connectivity index (χ3n) is 7.56. The lowest BCUT2D eigenvalue weighted by atomic mass is 10.0. The van der Waals surface area contributed by atoms with Crippen LogP contribution >= 0.6 is 15.9 Å². The normalized spacial score (nSPS) is 12.4. The number of ketones is 1. The molecule has 2 N–H and O–H groups in total. The van der Waals surface area contributed by atoms with Crippen molar-refractivity contribution in [2.24, 2.45) is 0 Å². The molecule has 1 amide bonds. The Balaban J connectivity index is 1.84. The maximum atomic E-state index is 13.6. The van der Waals surface area contributed by atoms with Crippen LogP contribution in [0.25, 0.3) is 10.9 Å². The molecule has 1 atom stereocenters. The summed E-state index contributed by atoms with van der Waals surface area (Å²) in [6.45, 7) is 11.5. The van der Waals surface area contributed by atoms with E-state index in [4.69, 9.17) is 14.5 Å². The van der Waals surface area contributed by atoms with Crippen LogP contribution in [0.15, 0.2) is 29.0 Å². The molecule has 0 saturated carbocycles. The second kappa shape index (κ2) is 15.7. The molecule has 0 aliphatic rings. The van der Waals surface area contributed by atoms with E-state index in [2.05, 4.69) is 40.9 Å². The summed E-state index contributed by atoms with van der Waals surface area (Å²) < 4.78 is 15.2. The summed E-state index contributed by atoms with van der Waals surface area (Å²) in [5.41, 5.74) is 1.62. The summed E-state index contributed by atoms with van der Waals surface area (Å²) in [6, 6.07) is 5.81. The highest BCUT2D eigenvalue weighted by atomic mass is 79.9. The molecule has 2 heterocycles. The summed E-state index contributed by atoms with van der Waals surface area (Å²) >= 11 is 3.49. The fourth-order valence-corrected chi connectivity index (χ4v) is 6.26. The van der Waals surface area contributed by atoms with E-state index in [1.165, 1.54) is 4.57 Å². The molecule has 12 heteroatoms. The van der Waals surface area contributed by atoms with Gasteiger partial charge in [0.25, 0.3) is 0 Å². The molecular weight excluding hydrogens is 632 g/mol. The van der Waals surface area contributed by atoms with Crippen LogP contribution in [0.4, 0.5) is 4.79 Å². The van der Waals surface area contributed by atoms with Crippen LogP contribution in [0.2, 0.25) is 25.7 Å². The molecule has 0 spiro atoms. The predicted molar refractivity (Wildman–Crippen MR) is 174 cm³/mol. The first-order valence-electron chi connectivity index (χ1n) is 14.9. The average molecular weight is 678 g/mol. The number of hydrogen-bond acceptors (Lipinski definition) is 6. The van der Waals surface area contributed by atoms with Gasteiger partial charge < -0.3 is 24.5 Å². The first-order valence-corrected chi connectivity index (χ1v) is 19.4. The highest BCUT2D eigenvalue weighted by molar-refractivity contribution is 9.10. The predicted octanol–water partition coefficient (Wildman–Crippen LogP) is 7.09. The van der Waals surface area contributed by atoms with Crippen molar-refractivity contribution >= 4 is 52.7 Å². The van der Waals surface area contributed by atoms with Gasteiger partial charge in [-0.05, 0) is 65.5 Å². The topological polar surface area (TPSA) is 125 Å². The largest absolute Gasteiger partial charge is 0.497 e. The monoisotopic (exact) mass is 676 g/mol. The Bertz CT molecular complexity index is 1430. The molecule has 0 saturated heterocycles. The van der Waals surface area contributed by atoms with E-state index in [9.17, 15) is 19.5 Å². The fraction of sp³-hybridized carbons (Fsp3) is 0.548. The van der Waals surface area contributed by atoms with E-state index in [0.29, 0.717) is 70.9 Å². The van der Waals surface area contributed by atoms with Crippen molar-refractivity contribution in [3.63, 3.8) is 0 Å². The summed E-state index contributed by atoms with van der Waals surface area (Å²) in [5.74, 6) is 1.28. The Morgan fingerprint density at radius 1 is 1.16 bits per heavy atom. The van der Waals surface area contributed by atoms with Crippen molar-refractivity contribution < 1.29 is 29.0 Å². The number of ether oxygens (including phenoxy) is 2. The number of imidazole rings is 1. The van der Waals surface area contributed by atoms with Gasteiger partial charge in [0.15, 0.2) is 0 Å². The number of unbranched alkanes of at least 4 members (excludes halogenated alkanes) is 2. The van der Waals surface area contributed by atoms with E-state index in [-0.39, 0.29) is 18.1 Å². The number of aromatic nitrogens is 3. The Hall–Kier alpha value is -2.96. The number of hydrogen-bond donors (Lipinski definition) is 2. The molecule has 3 rings (SSSR count). The number of benzene rings is 1. The minimum absolute atomic E-state index is 0.00806. The lowest BCUT2D eigenvalue weighted by Gasteiger charge is -2.21. The summed E-state index contributed by atoms with van der Waals surface area (Å²) in [5, 5.41) is 13.7. The molecule has 0 aliphatic heterocycles. The Kier molecular flexibility index (Phi) is 12.6. The van der Waals surface area contributed by atoms with Gasteiger partial charge in [0.1, 0.15) is 28.7 Å². The van der Waals surface area contributed by atoms with Crippen molar-refractivity contribution in [2.45, 2.75) is 97.3 Å². The Morgan fingerprint density at radius 2 is 1.91 bits per heavy atom. The van der Waals surface area contributed by atoms with Crippen LogP contribution < -0.4 is 10.1 Å². The van der Waals surface area contributed by atoms with Gasteiger partial charge in [0.05, 0.1) is 25.1 Å². The molecule has 2 aromatic heterocycles. The summed E-state index contributed by atoms with van der Waals surface area (Å²) in [7, 11) is 0.304. The standard InChI is InChI=1S/C31H45BrN4O6Si/c1-7-22(37)11-9-8-10-12-26(30-34-28(32)19-35(30)20-42-15-16-43(4,5)6)33-29(38)18-24-21(2)36(31(39)40)27-14-13-23(41-3)17-25(24)27/h13-14,17,19,26H,7-12,15-16,18,20H2,1-6H3,(H,33,38)(H,39,40)/t26-/m0/s1. The SMILES string of the molecule is CCC(=O)CCCCC[C@H](NC(=O)Cc1c(C)n(C(=O)O)c2ccc(OC)cc12)c1nc(Br)cn1COCC[Si](C)(C)C. The minimum atomic E-state index is -1.24. The van der Waals surface area contributed by atoms with Crippen molar-refractivity contribution in [2.75, 3.05) is 13.7 Å². The van der Waals surface area contributed by atoms with E-state index >= 15 is 0 Å². The molecule has 43 heavy (non-hydrogen) atoms. The molecule has 236 valence electrons. The number of carbonyl (C=O) groups is 3. The van der Waals surface area contributed by atoms with Gasteiger partial charge in [0, 0.05) is 44.8 Å². The maximum absolute atomic E-state index is 13.6. The molecule has 0 radical (unpaired) electrons. The molecule has 0 aliphatic carbocycles. The molecule has 3 aromatic rings. The van der Waals surface area contributed by atoms with E-state index in [1.807, 2.05) is 17.7 Å². The van der Waals surface area contributed by atoms with E-state index in [1.54, 1.807) is 32.2 Å². The number of Topliss-reactive ketones (excluding diaryl/α,β-unsaturated/α-hetero) is 1. The Morgan fingerprint density at radius 3 is 2.56 bits per heavy atom. The lowest BCUT2D eigenvalue weighted by molar-refractivity contribution is -0.121. The zero-order valence-corrected chi connectivity index (χ0v) is 28.8. The second-order valence-corrected chi connectivity index (χ2v) is 18.5. The fourth-order valence-electron chi connectivity index (χ4n) is 5.07. The van der Waals surface area contributed by atoms with Gasteiger partial charge in [-0.2, -0.15) is 0 Å². The minimum Gasteiger partial charge on any atom is -0.497 e. The van der Waals surface area contributed by atoms with Gasteiger partial charge in [0.2, 0.25) is 5.91 Å². The zero-order valence-electron chi connectivity index (χ0n) is 26.2. The molecule has 0 fully saturated rings. The Labute approximate surface area is 263 Å². The van der Waals surface area contributed by atoms with Crippen LogP contribution in [0.5, 0.6) is 5.75 Å². The zero-order chi connectivity index (χ0) is 31.7. The van der Waals surface area contributed by atoms with Crippen LogP contribution in [0.1, 0.15) is 68.6 Å². The van der Waals surface area contributed by atoms with Crippen LogP contribution in [0, 0.1) is 6.92 Å². The number of nitrogens with zero attached hydrogens (tertiary/aromatic N) is 3. The third-order valence-corrected chi connectivity index (χ3v) is 9.65. The number of nitrogens with one attached hydrogen (secondary N) is 1. The summed E-state index contributed by atoms with van der Waals surface area (Å²) in [6.07, 6.45) is 4.95. The van der Waals surface area contributed by atoms with Crippen molar-refractivity contribution in [1.29, 1.82) is 0 Å². The molecule has 1 aromatic carbocycles. The number of halogens is 1. The quantitative estimate of drug-likeness (QED) is 0.116. The maximum Gasteiger partial charge on any atom is 0.416 e. The molecule has 0 bridgehead atoms. The van der Waals surface area contributed by atoms with Gasteiger partial charge >= 0.3 is 6.09 Å². The number of carboxylic acid groups (broad SMARTS) is 1. The molecule has 10 nitrogen and oxygen atoms in total. The van der Waals surface area contributed by atoms with Crippen LogP contribution in [0.3, 0.4) is 0 Å². The smallest absolute Gasteiger partial charge is 0.416 e. The number of amides is 1. The number of carbonyl (C=O) groups excluding carboxylic acids is 2. The van der Waals surface area contributed by atoms with Gasteiger partial charge in [-0.3, -0.25) is 9.59 Å². The third kappa shape index (κ3) is 9.77. The molecular formula is C31H45BrN4O6Si. The molecule has 0 unspecified atom stereocenters. The lowest BCUT2D eigenvalue weighted by Crippen LogP contribution is -2.32. The number of fused-ring (bicyclic) bond motifs is 1. The van der Waals surface area contributed by atoms with Crippen molar-refractivity contribution in [3.8, 4) is 5.75 Å². The van der Waals surface area contributed by atoms with E-state index in [0.717, 1.165) is 25.3 Å². The van der Waals surface area contributed by atoms with E-state index < -0.39 is 20.2 Å². The number of rotatable bonds is 17. The summed E-state index contributed by atoms with van der Waals surface area (Å²) in [4.78, 5) is 42.1. The highest BCUT2D eigenvalue weighted by Gasteiger charge is 2.25. The average Bonchev–Trinajstić information content (AvgIpc) is 3.45. The second-order valence-electron chi connectivity index (χ2n) is 12.1. The van der Waals surface area contributed by atoms with Gasteiger partial charge in [-0.1, -0.05) is 39.4 Å². The first kappa shape index (κ1) is 34.5.